The van der Waals surface area contributed by atoms with Crippen LogP contribution < -0.4 is 16.8 Å². The fourth-order valence-corrected chi connectivity index (χ4v) is 2.18. The second-order valence-electron chi connectivity index (χ2n) is 4.38. The molecule has 0 aliphatic heterocycles. The lowest BCUT2D eigenvalue weighted by atomic mass is 10.2. The standard InChI is InChI=1S/C15H15Cl2N5/c16-11-7-4-8-12(17)13(11)21-15(19)22-14(18)20-9-10-5-2-1-3-6-10/h1-8H,9H2,(H5,18,19,20,21,22). The van der Waals surface area contributed by atoms with Gasteiger partial charge in [-0.05, 0) is 17.7 Å². The summed E-state index contributed by atoms with van der Waals surface area (Å²) in [4.78, 5) is 8.11. The van der Waals surface area contributed by atoms with E-state index in [0.29, 0.717) is 22.3 Å². The van der Waals surface area contributed by atoms with Crippen LogP contribution in [-0.4, -0.2) is 11.9 Å². The first-order valence-electron chi connectivity index (χ1n) is 6.45. The zero-order chi connectivity index (χ0) is 15.9. The largest absolute Gasteiger partial charge is 0.369 e. The molecule has 0 aliphatic carbocycles. The van der Waals surface area contributed by atoms with Gasteiger partial charge in [0.2, 0.25) is 11.9 Å². The Labute approximate surface area is 138 Å². The van der Waals surface area contributed by atoms with Crippen LogP contribution in [0.5, 0.6) is 0 Å². The Morgan fingerprint density at radius 2 is 1.59 bits per heavy atom. The molecule has 22 heavy (non-hydrogen) atoms. The smallest absolute Gasteiger partial charge is 0.218 e. The van der Waals surface area contributed by atoms with Gasteiger partial charge in [-0.2, -0.15) is 4.99 Å². The van der Waals surface area contributed by atoms with Gasteiger partial charge in [-0.25, -0.2) is 4.99 Å². The topological polar surface area (TPSA) is 88.8 Å². The lowest BCUT2D eigenvalue weighted by Gasteiger charge is -2.09. The summed E-state index contributed by atoms with van der Waals surface area (Å²) in [5.41, 5.74) is 13.0. The normalized spacial score (nSPS) is 12.3. The van der Waals surface area contributed by atoms with Gasteiger partial charge in [0, 0.05) is 0 Å². The first kappa shape index (κ1) is 16.1. The number of benzene rings is 2. The van der Waals surface area contributed by atoms with E-state index in [1.165, 1.54) is 0 Å². The quantitative estimate of drug-likeness (QED) is 0.594. The maximum absolute atomic E-state index is 6.03. The van der Waals surface area contributed by atoms with E-state index in [1.54, 1.807) is 18.2 Å². The molecule has 2 aromatic carbocycles. The lowest BCUT2D eigenvalue weighted by Crippen LogP contribution is -2.26. The summed E-state index contributed by atoms with van der Waals surface area (Å²) < 4.78 is 0. The molecule has 7 heteroatoms. The van der Waals surface area contributed by atoms with Gasteiger partial charge < -0.3 is 16.8 Å². The lowest BCUT2D eigenvalue weighted by molar-refractivity contribution is 1.05. The van der Waals surface area contributed by atoms with Crippen molar-refractivity contribution in [3.63, 3.8) is 0 Å². The number of hydrogen-bond donors (Lipinski definition) is 3. The second kappa shape index (κ2) is 7.68. The molecule has 0 amide bonds. The van der Waals surface area contributed by atoms with Gasteiger partial charge >= 0.3 is 0 Å². The average Bonchev–Trinajstić information content (AvgIpc) is 2.50. The highest BCUT2D eigenvalue weighted by atomic mass is 35.5. The molecule has 5 nitrogen and oxygen atoms in total. The third-order valence-corrected chi connectivity index (χ3v) is 3.35. The Morgan fingerprint density at radius 3 is 2.23 bits per heavy atom. The Balaban J connectivity index is 2.05. The van der Waals surface area contributed by atoms with Crippen molar-refractivity contribution < 1.29 is 0 Å². The molecule has 0 unspecified atom stereocenters. The molecule has 2 aromatic rings. The Morgan fingerprint density at radius 1 is 0.955 bits per heavy atom. The summed E-state index contributed by atoms with van der Waals surface area (Å²) in [5, 5.41) is 3.68. The van der Waals surface area contributed by atoms with Crippen molar-refractivity contribution in [2.24, 2.45) is 21.5 Å². The first-order valence-corrected chi connectivity index (χ1v) is 7.21. The minimum absolute atomic E-state index is 0.0595. The van der Waals surface area contributed by atoms with Crippen LogP contribution in [0.4, 0.5) is 5.69 Å². The summed E-state index contributed by atoms with van der Waals surface area (Å²) in [6.07, 6.45) is 0. The summed E-state index contributed by atoms with van der Waals surface area (Å²) in [5.74, 6) is 0.126. The Bertz CT molecular complexity index is 678. The molecule has 0 heterocycles. The van der Waals surface area contributed by atoms with Crippen LogP contribution in [0.2, 0.25) is 10.0 Å². The maximum Gasteiger partial charge on any atom is 0.218 e. The molecule has 0 fully saturated rings. The van der Waals surface area contributed by atoms with Gasteiger partial charge in [0.15, 0.2) is 0 Å². The number of hydrogen-bond acceptors (Lipinski definition) is 1. The fraction of sp³-hybridized carbons (Fsp3) is 0.0667. The number of para-hydroxylation sites is 1. The van der Waals surface area contributed by atoms with Crippen LogP contribution in [0, 0.1) is 0 Å². The number of aliphatic imine (C=N–C) groups is 2. The number of nitrogens with two attached hydrogens (primary N) is 2. The van der Waals surface area contributed by atoms with Crippen LogP contribution in [0.15, 0.2) is 58.5 Å². The number of halogens is 2. The molecule has 2 rings (SSSR count). The predicted molar refractivity (Wildman–Crippen MR) is 93.5 cm³/mol. The van der Waals surface area contributed by atoms with Crippen molar-refractivity contribution in [2.75, 3.05) is 5.32 Å². The van der Waals surface area contributed by atoms with Crippen molar-refractivity contribution in [1.29, 1.82) is 0 Å². The van der Waals surface area contributed by atoms with Gasteiger partial charge in [-0.3, -0.25) is 0 Å². The molecule has 5 N–H and O–H groups in total. The average molecular weight is 336 g/mol. The highest BCUT2D eigenvalue weighted by molar-refractivity contribution is 6.39. The van der Waals surface area contributed by atoms with Crippen LogP contribution in [-0.2, 0) is 6.54 Å². The van der Waals surface area contributed by atoms with Crippen molar-refractivity contribution in [1.82, 2.24) is 0 Å². The van der Waals surface area contributed by atoms with E-state index < -0.39 is 0 Å². The minimum Gasteiger partial charge on any atom is -0.369 e. The molecular formula is C15H15Cl2N5. The number of guanidine groups is 2. The Kier molecular flexibility index (Phi) is 5.63. The third-order valence-electron chi connectivity index (χ3n) is 2.72. The van der Waals surface area contributed by atoms with E-state index in [-0.39, 0.29) is 11.9 Å². The van der Waals surface area contributed by atoms with E-state index in [0.717, 1.165) is 5.56 Å². The van der Waals surface area contributed by atoms with Gasteiger partial charge in [-0.1, -0.05) is 59.6 Å². The van der Waals surface area contributed by atoms with Crippen molar-refractivity contribution >= 4 is 40.8 Å². The molecule has 0 radical (unpaired) electrons. The highest BCUT2D eigenvalue weighted by Crippen LogP contribution is 2.29. The zero-order valence-electron chi connectivity index (χ0n) is 11.6. The van der Waals surface area contributed by atoms with Crippen molar-refractivity contribution in [2.45, 2.75) is 6.54 Å². The van der Waals surface area contributed by atoms with E-state index in [2.05, 4.69) is 15.3 Å². The number of rotatable bonds is 3. The Hall–Kier alpha value is -2.24. The minimum atomic E-state index is 0.0595. The maximum atomic E-state index is 6.03. The van der Waals surface area contributed by atoms with Crippen molar-refractivity contribution in [3.8, 4) is 0 Å². The molecule has 0 spiro atoms. The van der Waals surface area contributed by atoms with Crippen molar-refractivity contribution in [3.05, 3.63) is 64.1 Å². The zero-order valence-corrected chi connectivity index (χ0v) is 13.1. The van der Waals surface area contributed by atoms with E-state index in [1.807, 2.05) is 30.3 Å². The molecule has 0 saturated heterocycles. The summed E-state index contributed by atoms with van der Waals surface area (Å²) in [6, 6.07) is 14.8. The molecule has 0 bridgehead atoms. The summed E-state index contributed by atoms with van der Waals surface area (Å²) in [7, 11) is 0. The second-order valence-corrected chi connectivity index (χ2v) is 5.19. The van der Waals surface area contributed by atoms with Crippen LogP contribution in [0.3, 0.4) is 0 Å². The van der Waals surface area contributed by atoms with Crippen LogP contribution in [0.1, 0.15) is 5.56 Å². The molecule has 114 valence electrons. The van der Waals surface area contributed by atoms with E-state index >= 15 is 0 Å². The first-order chi connectivity index (χ1) is 10.6. The van der Waals surface area contributed by atoms with Gasteiger partial charge in [0.1, 0.15) is 0 Å². The molecule has 0 aliphatic rings. The van der Waals surface area contributed by atoms with Gasteiger partial charge in [0.25, 0.3) is 0 Å². The van der Waals surface area contributed by atoms with Crippen LogP contribution in [0.25, 0.3) is 0 Å². The number of nitrogens with zero attached hydrogens (tertiary/aromatic N) is 2. The molecule has 0 aromatic heterocycles. The monoisotopic (exact) mass is 335 g/mol. The SMILES string of the molecule is NC(=NCc1ccccc1)N=C(N)Nc1c(Cl)cccc1Cl. The highest BCUT2D eigenvalue weighted by Gasteiger charge is 2.06. The number of nitrogens with one attached hydrogen (secondary N) is 1. The molecule has 0 saturated carbocycles. The predicted octanol–water partition coefficient (Wildman–Crippen LogP) is 3.23. The van der Waals surface area contributed by atoms with Crippen LogP contribution >= 0.6 is 23.2 Å². The third kappa shape index (κ3) is 4.65. The van der Waals surface area contributed by atoms with Gasteiger partial charge in [-0.15, -0.1) is 0 Å². The van der Waals surface area contributed by atoms with Gasteiger partial charge in [0.05, 0.1) is 22.3 Å². The van der Waals surface area contributed by atoms with E-state index in [4.69, 9.17) is 34.7 Å². The summed E-state index contributed by atoms with van der Waals surface area (Å²) >= 11 is 12.1. The fourth-order valence-electron chi connectivity index (χ4n) is 1.69. The van der Waals surface area contributed by atoms with E-state index in [9.17, 15) is 0 Å². The summed E-state index contributed by atoms with van der Waals surface area (Å²) in [6.45, 7) is 0.427. The number of anilines is 1. The molecular weight excluding hydrogens is 321 g/mol. The molecule has 0 atom stereocenters.